The van der Waals surface area contributed by atoms with Crippen LogP contribution in [0.25, 0.3) is 54.9 Å². The number of nitrogens with zero attached hydrogens (tertiary/aromatic N) is 1. The Morgan fingerprint density at radius 3 is 1.29 bits per heavy atom. The fraction of sp³-hybridized carbons (Fsp3) is 0.120. The summed E-state index contributed by atoms with van der Waals surface area (Å²) in [5.41, 5.74) is 16.7. The summed E-state index contributed by atoms with van der Waals surface area (Å²) in [4.78, 5) is 2.46. The molecule has 0 aromatic heterocycles. The number of rotatable bonds is 4. The SMILES string of the molecule is CC1(C)c2cc(N(c3ccc(-c4ccccc4)cc3)c3ccc4c(c3)C(C)(C)c3ccc5ccccc5c3-4)ccc2-c2c1ccc1ccccc21. The van der Waals surface area contributed by atoms with E-state index in [0.29, 0.717) is 0 Å². The molecule has 0 fully saturated rings. The van der Waals surface area contributed by atoms with Crippen LogP contribution in [0.5, 0.6) is 0 Å². The Kier molecular flexibility index (Phi) is 6.34. The highest BCUT2D eigenvalue weighted by atomic mass is 15.1. The van der Waals surface area contributed by atoms with Crippen molar-refractivity contribution >= 4 is 38.6 Å². The largest absolute Gasteiger partial charge is 0.310 e. The van der Waals surface area contributed by atoms with Crippen LogP contribution in [-0.2, 0) is 10.8 Å². The summed E-state index contributed by atoms with van der Waals surface area (Å²) >= 11 is 0. The second-order valence-electron chi connectivity index (χ2n) is 15.4. The molecule has 0 saturated carbocycles. The standard InChI is InChI=1S/C50H39N/c1-49(2)43-28-20-34-14-8-10-16-39(34)47(43)41-26-24-37(30-45(41)49)51(36-22-18-33(19-23-36)32-12-6-5-7-13-32)38-25-27-42-46(31-38)50(3,4)44-29-21-35-15-9-11-17-40(35)48(42)44/h5-31H,1-4H3. The second kappa shape index (κ2) is 10.8. The molecule has 0 unspecified atom stereocenters. The molecular formula is C50H39N. The molecule has 2 aliphatic carbocycles. The zero-order chi connectivity index (χ0) is 34.5. The molecule has 0 atom stereocenters. The summed E-state index contributed by atoms with van der Waals surface area (Å²) < 4.78 is 0. The van der Waals surface area contributed by atoms with Gasteiger partial charge in [-0.2, -0.15) is 0 Å². The third-order valence-corrected chi connectivity index (χ3v) is 11.8. The highest BCUT2D eigenvalue weighted by Gasteiger charge is 2.39. The van der Waals surface area contributed by atoms with E-state index in [1.54, 1.807) is 0 Å². The fourth-order valence-electron chi connectivity index (χ4n) is 9.15. The molecule has 0 spiro atoms. The van der Waals surface area contributed by atoms with Crippen molar-refractivity contribution in [3.8, 4) is 33.4 Å². The van der Waals surface area contributed by atoms with Gasteiger partial charge in [0.15, 0.2) is 0 Å². The Labute approximate surface area is 300 Å². The van der Waals surface area contributed by atoms with Gasteiger partial charge in [0.1, 0.15) is 0 Å². The molecule has 8 aromatic rings. The van der Waals surface area contributed by atoms with Crippen LogP contribution in [0.4, 0.5) is 17.1 Å². The van der Waals surface area contributed by atoms with Crippen molar-refractivity contribution in [1.82, 2.24) is 0 Å². The molecular weight excluding hydrogens is 615 g/mol. The number of hydrogen-bond acceptors (Lipinski definition) is 1. The molecule has 0 aliphatic heterocycles. The zero-order valence-electron chi connectivity index (χ0n) is 29.5. The molecule has 0 saturated heterocycles. The van der Waals surface area contributed by atoms with Gasteiger partial charge in [0, 0.05) is 27.9 Å². The van der Waals surface area contributed by atoms with Crippen LogP contribution in [0, 0.1) is 0 Å². The Morgan fingerprint density at radius 2 is 0.784 bits per heavy atom. The van der Waals surface area contributed by atoms with Crippen molar-refractivity contribution in [3.63, 3.8) is 0 Å². The molecule has 0 amide bonds. The summed E-state index contributed by atoms with van der Waals surface area (Å²) in [5.74, 6) is 0. The van der Waals surface area contributed by atoms with E-state index in [2.05, 4.69) is 196 Å². The van der Waals surface area contributed by atoms with Crippen LogP contribution in [0.1, 0.15) is 49.9 Å². The van der Waals surface area contributed by atoms with E-state index in [1.165, 1.54) is 88.6 Å². The first-order chi connectivity index (χ1) is 24.8. The van der Waals surface area contributed by atoms with Gasteiger partial charge in [-0.15, -0.1) is 0 Å². The van der Waals surface area contributed by atoms with Crippen molar-refractivity contribution in [1.29, 1.82) is 0 Å². The third-order valence-electron chi connectivity index (χ3n) is 11.8. The quantitative estimate of drug-likeness (QED) is 0.183. The van der Waals surface area contributed by atoms with Crippen molar-refractivity contribution in [3.05, 3.63) is 186 Å². The van der Waals surface area contributed by atoms with Crippen molar-refractivity contribution in [2.45, 2.75) is 38.5 Å². The molecule has 0 heterocycles. The molecule has 0 N–H and O–H groups in total. The van der Waals surface area contributed by atoms with Crippen molar-refractivity contribution in [2.75, 3.05) is 4.90 Å². The molecule has 8 aromatic carbocycles. The lowest BCUT2D eigenvalue weighted by Gasteiger charge is -2.30. The van der Waals surface area contributed by atoms with Crippen LogP contribution >= 0.6 is 0 Å². The second-order valence-corrected chi connectivity index (χ2v) is 15.4. The lowest BCUT2D eigenvalue weighted by molar-refractivity contribution is 0.660. The average Bonchev–Trinajstić information content (AvgIpc) is 3.55. The van der Waals surface area contributed by atoms with Gasteiger partial charge in [-0.25, -0.2) is 0 Å². The maximum atomic E-state index is 2.46. The molecule has 244 valence electrons. The minimum atomic E-state index is -0.129. The first kappa shape index (κ1) is 29.9. The number of hydrogen-bond donors (Lipinski definition) is 0. The van der Waals surface area contributed by atoms with Gasteiger partial charge in [-0.1, -0.05) is 155 Å². The highest BCUT2D eigenvalue weighted by Crippen LogP contribution is 2.55. The summed E-state index contributed by atoms with van der Waals surface area (Å²) in [7, 11) is 0. The van der Waals surface area contributed by atoms with Gasteiger partial charge in [-0.3, -0.25) is 0 Å². The molecule has 51 heavy (non-hydrogen) atoms. The normalized spacial score (nSPS) is 14.6. The van der Waals surface area contributed by atoms with Crippen LogP contribution in [0.15, 0.2) is 164 Å². The van der Waals surface area contributed by atoms with Crippen molar-refractivity contribution in [2.24, 2.45) is 0 Å². The molecule has 10 rings (SSSR count). The number of anilines is 3. The third kappa shape index (κ3) is 4.34. The van der Waals surface area contributed by atoms with Gasteiger partial charge in [-0.05, 0) is 114 Å². The van der Waals surface area contributed by atoms with Gasteiger partial charge >= 0.3 is 0 Å². The van der Waals surface area contributed by atoms with Gasteiger partial charge < -0.3 is 4.90 Å². The topological polar surface area (TPSA) is 3.24 Å². The maximum Gasteiger partial charge on any atom is 0.0465 e. The monoisotopic (exact) mass is 653 g/mol. The average molecular weight is 654 g/mol. The summed E-state index contributed by atoms with van der Waals surface area (Å²) in [6.07, 6.45) is 0. The van der Waals surface area contributed by atoms with Crippen LogP contribution in [0.3, 0.4) is 0 Å². The first-order valence-corrected chi connectivity index (χ1v) is 18.1. The zero-order valence-corrected chi connectivity index (χ0v) is 29.5. The Morgan fingerprint density at radius 1 is 0.353 bits per heavy atom. The molecule has 0 bridgehead atoms. The van der Waals surface area contributed by atoms with E-state index in [-0.39, 0.29) is 10.8 Å². The smallest absolute Gasteiger partial charge is 0.0465 e. The number of fused-ring (bicyclic) bond motifs is 10. The molecule has 1 heteroatoms. The predicted molar refractivity (Wildman–Crippen MR) is 217 cm³/mol. The maximum absolute atomic E-state index is 2.46. The van der Waals surface area contributed by atoms with Gasteiger partial charge in [0.25, 0.3) is 0 Å². The summed E-state index contributed by atoms with van der Waals surface area (Å²) in [5, 5.41) is 5.24. The molecule has 1 nitrogen and oxygen atoms in total. The van der Waals surface area contributed by atoms with E-state index in [4.69, 9.17) is 0 Å². The molecule has 2 aliphatic rings. The van der Waals surface area contributed by atoms with E-state index >= 15 is 0 Å². The first-order valence-electron chi connectivity index (χ1n) is 18.1. The minimum Gasteiger partial charge on any atom is -0.310 e. The fourth-order valence-corrected chi connectivity index (χ4v) is 9.15. The van der Waals surface area contributed by atoms with E-state index < -0.39 is 0 Å². The molecule has 0 radical (unpaired) electrons. The lowest BCUT2D eigenvalue weighted by atomic mass is 9.81. The van der Waals surface area contributed by atoms with E-state index in [0.717, 1.165) is 5.69 Å². The number of benzene rings is 8. The van der Waals surface area contributed by atoms with Gasteiger partial charge in [0.2, 0.25) is 0 Å². The van der Waals surface area contributed by atoms with E-state index in [9.17, 15) is 0 Å². The van der Waals surface area contributed by atoms with Crippen LogP contribution in [-0.4, -0.2) is 0 Å². The Bertz CT molecular complexity index is 2530. The van der Waals surface area contributed by atoms with Crippen LogP contribution < -0.4 is 4.90 Å². The van der Waals surface area contributed by atoms with E-state index in [1.807, 2.05) is 0 Å². The van der Waals surface area contributed by atoms with Crippen LogP contribution in [0.2, 0.25) is 0 Å². The lowest BCUT2D eigenvalue weighted by Crippen LogP contribution is -2.18. The summed E-state index contributed by atoms with van der Waals surface area (Å²) in [6, 6.07) is 60.9. The Hall–Kier alpha value is -5.92. The van der Waals surface area contributed by atoms with Gasteiger partial charge in [0.05, 0.1) is 0 Å². The summed E-state index contributed by atoms with van der Waals surface area (Å²) in [6.45, 7) is 9.53. The van der Waals surface area contributed by atoms with Crippen molar-refractivity contribution < 1.29 is 0 Å². The predicted octanol–water partition coefficient (Wildman–Crippen LogP) is 13.7. The highest BCUT2D eigenvalue weighted by molar-refractivity contribution is 6.04. The minimum absolute atomic E-state index is 0.129. The Balaban J connectivity index is 1.16.